The lowest BCUT2D eigenvalue weighted by molar-refractivity contribution is -0.208. The maximum atomic E-state index is 14.6. The molecule has 3 rings (SSSR count). The van der Waals surface area contributed by atoms with Gasteiger partial charge in [-0.2, -0.15) is 13.2 Å². The minimum absolute atomic E-state index is 0.130. The summed E-state index contributed by atoms with van der Waals surface area (Å²) in [5.41, 5.74) is 4.03. The largest absolute Gasteiger partial charge is 0.452 e. The van der Waals surface area contributed by atoms with E-state index in [9.17, 15) is 31.1 Å². The number of hydrogen-bond donors (Lipinski definition) is 1. The van der Waals surface area contributed by atoms with E-state index in [-0.39, 0.29) is 43.8 Å². The number of carbonyl (C=O) groups is 1. The fraction of sp³-hybridized carbons (Fsp3) is 0.600. The van der Waals surface area contributed by atoms with Crippen LogP contribution in [0.3, 0.4) is 0 Å². The zero-order valence-corrected chi connectivity index (χ0v) is 16.8. The number of nitrogens with two attached hydrogens (primary N) is 1. The zero-order valence-electron chi connectivity index (χ0n) is 16.8. The van der Waals surface area contributed by atoms with Crippen molar-refractivity contribution in [2.75, 3.05) is 13.1 Å². The number of piperidine rings is 1. The molecule has 2 aliphatic rings. The number of halogens is 6. The minimum atomic E-state index is -4.71. The molecule has 11 heteroatoms. The molecule has 2 atom stereocenters. The Morgan fingerprint density at radius 3 is 2.55 bits per heavy atom. The Bertz CT molecular complexity index is 852. The van der Waals surface area contributed by atoms with Gasteiger partial charge in [0.25, 0.3) is 6.02 Å². The second kappa shape index (κ2) is 8.58. The van der Waals surface area contributed by atoms with Crippen molar-refractivity contribution in [3.8, 4) is 0 Å². The molecule has 0 spiro atoms. The molecule has 2 aliphatic heterocycles. The SMILES string of the molecule is C[C@@]1(c2cc(CC(=O)N3CCC(C(F)F)CC3)ccc2F)C[C@@H](C(F)(F)F)OC(N)=N1. The number of rotatable bonds is 4. The molecule has 1 saturated heterocycles. The van der Waals surface area contributed by atoms with Crippen molar-refractivity contribution in [2.45, 2.75) is 56.9 Å². The number of ether oxygens (including phenoxy) is 1. The number of aliphatic imine (C=N–C) groups is 1. The Balaban J connectivity index is 1.77. The fourth-order valence-corrected chi connectivity index (χ4v) is 4.00. The van der Waals surface area contributed by atoms with Crippen molar-refractivity contribution in [3.05, 3.63) is 35.1 Å². The summed E-state index contributed by atoms with van der Waals surface area (Å²) >= 11 is 0. The summed E-state index contributed by atoms with van der Waals surface area (Å²) in [5, 5.41) is 0. The predicted molar refractivity (Wildman–Crippen MR) is 99.9 cm³/mol. The maximum Gasteiger partial charge on any atom is 0.425 e. The van der Waals surface area contributed by atoms with Gasteiger partial charge >= 0.3 is 6.18 Å². The molecule has 0 unspecified atom stereocenters. The molecule has 31 heavy (non-hydrogen) atoms. The average Bonchev–Trinajstić information content (AvgIpc) is 2.68. The first-order valence-corrected chi connectivity index (χ1v) is 9.82. The van der Waals surface area contributed by atoms with Crippen LogP contribution in [0, 0.1) is 11.7 Å². The fourth-order valence-electron chi connectivity index (χ4n) is 4.00. The highest BCUT2D eigenvalue weighted by atomic mass is 19.4. The number of benzene rings is 1. The van der Waals surface area contributed by atoms with Gasteiger partial charge in [0.2, 0.25) is 12.3 Å². The number of amides is 1. The summed E-state index contributed by atoms with van der Waals surface area (Å²) in [6.07, 6.45) is -9.79. The number of carbonyl (C=O) groups excluding carboxylic acids is 1. The van der Waals surface area contributed by atoms with E-state index in [4.69, 9.17) is 5.73 Å². The molecule has 0 radical (unpaired) electrons. The molecule has 1 aromatic carbocycles. The van der Waals surface area contributed by atoms with Gasteiger partial charge < -0.3 is 15.4 Å². The molecule has 0 bridgehead atoms. The van der Waals surface area contributed by atoms with Crippen LogP contribution in [-0.2, 0) is 21.5 Å². The van der Waals surface area contributed by atoms with Gasteiger partial charge in [-0.3, -0.25) is 4.79 Å². The molecule has 0 saturated carbocycles. The van der Waals surface area contributed by atoms with E-state index in [1.165, 1.54) is 24.0 Å². The highest BCUT2D eigenvalue weighted by molar-refractivity contribution is 5.79. The quantitative estimate of drug-likeness (QED) is 0.709. The van der Waals surface area contributed by atoms with Crippen molar-refractivity contribution >= 4 is 11.9 Å². The van der Waals surface area contributed by atoms with Crippen molar-refractivity contribution in [1.82, 2.24) is 4.90 Å². The first-order chi connectivity index (χ1) is 14.4. The maximum absolute atomic E-state index is 14.6. The third-order valence-corrected chi connectivity index (χ3v) is 5.78. The van der Waals surface area contributed by atoms with Gasteiger partial charge in [0.1, 0.15) is 5.82 Å². The van der Waals surface area contributed by atoms with Crippen LogP contribution >= 0.6 is 0 Å². The smallest absolute Gasteiger partial charge is 0.425 e. The number of alkyl halides is 5. The third kappa shape index (κ3) is 5.24. The molecule has 1 amide bonds. The van der Waals surface area contributed by atoms with Crippen LogP contribution in [0.25, 0.3) is 0 Å². The van der Waals surface area contributed by atoms with Gasteiger partial charge in [-0.15, -0.1) is 0 Å². The molecular formula is C20H23F6N3O2. The van der Waals surface area contributed by atoms with E-state index in [1.54, 1.807) is 0 Å². The summed E-state index contributed by atoms with van der Waals surface area (Å²) < 4.78 is 84.2. The number of hydrogen-bond acceptors (Lipinski definition) is 4. The highest BCUT2D eigenvalue weighted by Crippen LogP contribution is 2.41. The lowest BCUT2D eigenvalue weighted by atomic mass is 9.84. The monoisotopic (exact) mass is 451 g/mol. The van der Waals surface area contributed by atoms with Gasteiger partial charge in [0.15, 0.2) is 6.10 Å². The van der Waals surface area contributed by atoms with Gasteiger partial charge in [-0.05, 0) is 37.5 Å². The summed E-state index contributed by atoms with van der Waals surface area (Å²) in [6.45, 7) is 1.72. The summed E-state index contributed by atoms with van der Waals surface area (Å²) in [6, 6.07) is 3.03. The second-order valence-electron chi connectivity index (χ2n) is 8.12. The highest BCUT2D eigenvalue weighted by Gasteiger charge is 2.50. The van der Waals surface area contributed by atoms with Crippen LogP contribution in [-0.4, -0.2) is 48.6 Å². The Kier molecular flexibility index (Phi) is 6.43. The van der Waals surface area contributed by atoms with Crippen molar-refractivity contribution in [2.24, 2.45) is 16.6 Å². The summed E-state index contributed by atoms with van der Waals surface area (Å²) in [5.74, 6) is -1.84. The van der Waals surface area contributed by atoms with Crippen LogP contribution in [0.1, 0.15) is 37.3 Å². The van der Waals surface area contributed by atoms with Crippen molar-refractivity contribution in [1.29, 1.82) is 0 Å². The number of likely N-dealkylation sites (tertiary alicyclic amines) is 1. The Morgan fingerprint density at radius 1 is 1.32 bits per heavy atom. The van der Waals surface area contributed by atoms with Gasteiger partial charge in [-0.25, -0.2) is 18.2 Å². The Morgan fingerprint density at radius 2 is 1.97 bits per heavy atom. The molecule has 2 N–H and O–H groups in total. The van der Waals surface area contributed by atoms with Crippen LogP contribution < -0.4 is 5.73 Å². The zero-order chi connectivity index (χ0) is 23.0. The van der Waals surface area contributed by atoms with Gasteiger partial charge in [0.05, 0.1) is 12.0 Å². The topological polar surface area (TPSA) is 67.9 Å². The van der Waals surface area contributed by atoms with E-state index in [1.807, 2.05) is 0 Å². The van der Waals surface area contributed by atoms with E-state index in [0.717, 1.165) is 6.07 Å². The average molecular weight is 451 g/mol. The standard InChI is InChI=1S/C20H23F6N3O2/c1-19(10-15(20(24,25)26)31-18(27)28-19)13-8-11(2-3-14(13)21)9-16(30)29-6-4-12(5-7-29)17(22)23/h2-3,8,12,15,17H,4-7,9-10H2,1H3,(H2,27,28)/t15-,19-/m0/s1. The van der Waals surface area contributed by atoms with Crippen LogP contribution in [0.5, 0.6) is 0 Å². The number of amidine groups is 1. The second-order valence-corrected chi connectivity index (χ2v) is 8.12. The first-order valence-electron chi connectivity index (χ1n) is 9.82. The lowest BCUT2D eigenvalue weighted by Crippen LogP contribution is -2.46. The minimum Gasteiger partial charge on any atom is -0.452 e. The molecular weight excluding hydrogens is 428 g/mol. The Hall–Kier alpha value is -2.46. The first kappa shape index (κ1) is 23.2. The van der Waals surface area contributed by atoms with E-state index in [0.29, 0.717) is 5.56 Å². The van der Waals surface area contributed by atoms with Crippen molar-refractivity contribution in [3.63, 3.8) is 0 Å². The third-order valence-electron chi connectivity index (χ3n) is 5.78. The van der Waals surface area contributed by atoms with E-state index >= 15 is 0 Å². The summed E-state index contributed by atoms with van der Waals surface area (Å²) in [4.78, 5) is 17.9. The predicted octanol–water partition coefficient (Wildman–Crippen LogP) is 3.75. The van der Waals surface area contributed by atoms with E-state index < -0.39 is 48.4 Å². The van der Waals surface area contributed by atoms with Crippen LogP contribution in [0.15, 0.2) is 23.2 Å². The normalized spacial score (nSPS) is 25.4. The molecule has 2 heterocycles. The molecule has 172 valence electrons. The van der Waals surface area contributed by atoms with Gasteiger partial charge in [0, 0.05) is 31.0 Å². The van der Waals surface area contributed by atoms with Crippen molar-refractivity contribution < 1.29 is 35.9 Å². The van der Waals surface area contributed by atoms with Crippen LogP contribution in [0.4, 0.5) is 26.3 Å². The molecule has 1 fully saturated rings. The molecule has 1 aromatic rings. The van der Waals surface area contributed by atoms with Gasteiger partial charge in [-0.1, -0.05) is 6.07 Å². The van der Waals surface area contributed by atoms with E-state index in [2.05, 4.69) is 9.73 Å². The molecule has 5 nitrogen and oxygen atoms in total. The molecule has 0 aliphatic carbocycles. The molecule has 0 aromatic heterocycles. The Labute approximate surface area is 175 Å². The lowest BCUT2D eigenvalue weighted by Gasteiger charge is -2.36. The summed E-state index contributed by atoms with van der Waals surface area (Å²) in [7, 11) is 0. The van der Waals surface area contributed by atoms with Crippen LogP contribution in [0.2, 0.25) is 0 Å². The number of nitrogens with zero attached hydrogens (tertiary/aromatic N) is 2.